The van der Waals surface area contributed by atoms with E-state index in [0.717, 1.165) is 5.57 Å². The summed E-state index contributed by atoms with van der Waals surface area (Å²) in [4.78, 5) is 38.1. The highest BCUT2D eigenvalue weighted by Gasteiger charge is 2.59. The number of rotatable bonds is 7. The number of hydrogen-bond acceptors (Lipinski definition) is 5. The molecule has 5 N–H and O–H groups in total. The van der Waals surface area contributed by atoms with E-state index in [-0.39, 0.29) is 11.8 Å². The Kier molecular flexibility index (Phi) is 6.17. The Bertz CT molecular complexity index is 787. The third kappa shape index (κ3) is 5.40. The fourth-order valence-corrected chi connectivity index (χ4v) is 5.87. The molecule has 8 heteroatoms. The van der Waals surface area contributed by atoms with Crippen molar-refractivity contribution in [3.05, 3.63) is 11.6 Å². The lowest BCUT2D eigenvalue weighted by Crippen LogP contribution is -2.65. The lowest BCUT2D eigenvalue weighted by atomic mass is 9.49. The predicted octanol–water partition coefficient (Wildman–Crippen LogP) is 2.15. The van der Waals surface area contributed by atoms with Crippen molar-refractivity contribution < 1.29 is 24.2 Å². The molecule has 4 bridgehead atoms. The number of ether oxygens (including phenoxy) is 1. The minimum atomic E-state index is -0.935. The lowest BCUT2D eigenvalue weighted by molar-refractivity contribution is -0.140. The van der Waals surface area contributed by atoms with Gasteiger partial charge in [-0.05, 0) is 71.1 Å². The highest BCUT2D eigenvalue weighted by atomic mass is 16.6. The lowest BCUT2D eigenvalue weighted by Gasteiger charge is -2.58. The second kappa shape index (κ2) is 8.11. The van der Waals surface area contributed by atoms with Crippen LogP contribution in [0, 0.1) is 17.3 Å². The summed E-state index contributed by atoms with van der Waals surface area (Å²) < 4.78 is 5.42. The molecule has 2 saturated carbocycles. The van der Waals surface area contributed by atoms with E-state index in [1.54, 1.807) is 20.8 Å². The Morgan fingerprint density at radius 2 is 1.90 bits per heavy atom. The van der Waals surface area contributed by atoms with Crippen LogP contribution < -0.4 is 16.4 Å². The fourth-order valence-electron chi connectivity index (χ4n) is 5.87. The van der Waals surface area contributed by atoms with Gasteiger partial charge in [0.25, 0.3) is 0 Å². The van der Waals surface area contributed by atoms with Crippen molar-refractivity contribution in [2.75, 3.05) is 0 Å². The van der Waals surface area contributed by atoms with Gasteiger partial charge in [-0.25, -0.2) is 4.79 Å². The molecule has 2 fully saturated rings. The maximum atomic E-state index is 13.5. The van der Waals surface area contributed by atoms with E-state index in [0.29, 0.717) is 38.5 Å². The Labute approximate surface area is 184 Å². The number of alkyl carbamates (subject to hydrolysis) is 1. The first-order chi connectivity index (χ1) is 14.2. The Hall–Kier alpha value is -2.09. The van der Waals surface area contributed by atoms with Gasteiger partial charge in [0.2, 0.25) is 11.8 Å². The van der Waals surface area contributed by atoms with Gasteiger partial charge in [0, 0.05) is 5.41 Å². The van der Waals surface area contributed by atoms with Crippen LogP contribution in [0.15, 0.2) is 11.6 Å². The van der Waals surface area contributed by atoms with Crippen molar-refractivity contribution in [1.29, 1.82) is 0 Å². The summed E-state index contributed by atoms with van der Waals surface area (Å²) in [6, 6.07) is -1.76. The fraction of sp³-hybridized carbons (Fsp3) is 0.783. The van der Waals surface area contributed by atoms with E-state index in [9.17, 15) is 19.5 Å². The molecule has 0 aromatic carbocycles. The molecule has 3 unspecified atom stereocenters. The van der Waals surface area contributed by atoms with Crippen LogP contribution in [0.2, 0.25) is 0 Å². The third-order valence-electron chi connectivity index (χ3n) is 6.50. The zero-order valence-corrected chi connectivity index (χ0v) is 19.3. The minimum absolute atomic E-state index is 0.153. The molecule has 31 heavy (non-hydrogen) atoms. The highest BCUT2D eigenvalue weighted by molar-refractivity contribution is 5.91. The van der Waals surface area contributed by atoms with Gasteiger partial charge in [-0.15, -0.1) is 0 Å². The summed E-state index contributed by atoms with van der Waals surface area (Å²) in [6.07, 6.45) is 4.96. The number of primary amides is 1. The van der Waals surface area contributed by atoms with Crippen molar-refractivity contribution >= 4 is 17.9 Å². The van der Waals surface area contributed by atoms with E-state index >= 15 is 0 Å². The monoisotopic (exact) mass is 435 g/mol. The Morgan fingerprint density at radius 3 is 2.42 bits per heavy atom. The summed E-state index contributed by atoms with van der Waals surface area (Å²) in [6.45, 7) is 9.15. The maximum Gasteiger partial charge on any atom is 0.408 e. The molecule has 0 spiro atoms. The van der Waals surface area contributed by atoms with Gasteiger partial charge in [0.1, 0.15) is 17.7 Å². The quantitative estimate of drug-likeness (QED) is 0.455. The van der Waals surface area contributed by atoms with Gasteiger partial charge < -0.3 is 26.2 Å². The number of aliphatic hydroxyl groups is 1. The number of nitrogens with two attached hydrogens (primary N) is 1. The topological polar surface area (TPSA) is 131 Å². The predicted molar refractivity (Wildman–Crippen MR) is 116 cm³/mol. The van der Waals surface area contributed by atoms with Gasteiger partial charge in [0.05, 0.1) is 5.60 Å². The Morgan fingerprint density at radius 1 is 1.23 bits per heavy atom. The van der Waals surface area contributed by atoms with E-state index in [4.69, 9.17) is 10.5 Å². The SMILES string of the molecule is CC(C)C[C@H](NC(=O)[C@@H](NC(=O)OC(C)(C)C)C12CC3=CC(CC(O)(C3)C1)C2)C(N)=O. The van der Waals surface area contributed by atoms with E-state index in [1.165, 1.54) is 0 Å². The molecular formula is C23H37N3O5. The van der Waals surface area contributed by atoms with Crippen LogP contribution in [0.4, 0.5) is 4.79 Å². The largest absolute Gasteiger partial charge is 0.444 e. The molecule has 174 valence electrons. The molecule has 0 aliphatic heterocycles. The van der Waals surface area contributed by atoms with Crippen molar-refractivity contribution in [2.45, 2.75) is 96.4 Å². The Balaban J connectivity index is 1.88. The average Bonchev–Trinajstić information content (AvgIpc) is 2.54. The summed E-state index contributed by atoms with van der Waals surface area (Å²) in [7, 11) is 0. The summed E-state index contributed by atoms with van der Waals surface area (Å²) >= 11 is 0. The molecule has 0 aromatic rings. The van der Waals surface area contributed by atoms with Crippen molar-refractivity contribution in [2.24, 2.45) is 23.0 Å². The summed E-state index contributed by atoms with van der Waals surface area (Å²) in [5.41, 5.74) is 4.46. The molecule has 0 heterocycles. The molecule has 0 radical (unpaired) electrons. The van der Waals surface area contributed by atoms with Crippen LogP contribution in [0.25, 0.3) is 0 Å². The summed E-state index contributed by atoms with van der Waals surface area (Å²) in [5.74, 6) is -0.735. The molecule has 0 saturated heterocycles. The maximum absolute atomic E-state index is 13.5. The van der Waals surface area contributed by atoms with E-state index in [2.05, 4.69) is 16.7 Å². The first-order valence-electron chi connectivity index (χ1n) is 11.2. The molecule has 5 atom stereocenters. The number of carbonyl (C=O) groups is 3. The van der Waals surface area contributed by atoms with Crippen molar-refractivity contribution in [3.63, 3.8) is 0 Å². The first kappa shape index (κ1) is 23.6. The van der Waals surface area contributed by atoms with E-state index in [1.807, 2.05) is 13.8 Å². The zero-order valence-electron chi connectivity index (χ0n) is 19.3. The molecule has 3 amide bonds. The molecule has 4 rings (SSSR count). The second-order valence-corrected chi connectivity index (χ2v) is 11.3. The van der Waals surface area contributed by atoms with Gasteiger partial charge in [0.15, 0.2) is 0 Å². The zero-order chi connectivity index (χ0) is 23.2. The van der Waals surface area contributed by atoms with Crippen LogP contribution in [0.1, 0.15) is 73.1 Å². The van der Waals surface area contributed by atoms with Crippen molar-refractivity contribution in [3.8, 4) is 0 Å². The molecule has 4 aliphatic rings. The standard InChI is InChI=1S/C23H37N3O5/c1-13(2)6-16(18(24)27)25-19(28)17(26-20(29)31-21(3,4)5)22-8-14-7-15(9-22)11-23(30,10-14)12-22/h7,13-14,16-17,30H,6,8-12H2,1-5H3,(H2,24,27)(H,25,28)(H,26,29)/t14?,16-,17+,22?,23?/m0/s1. The third-order valence-corrected chi connectivity index (χ3v) is 6.50. The van der Waals surface area contributed by atoms with Crippen LogP contribution in [0.5, 0.6) is 0 Å². The molecular weight excluding hydrogens is 398 g/mol. The van der Waals surface area contributed by atoms with Crippen LogP contribution in [-0.4, -0.2) is 46.3 Å². The van der Waals surface area contributed by atoms with Gasteiger partial charge in [-0.1, -0.05) is 25.5 Å². The van der Waals surface area contributed by atoms with Crippen LogP contribution >= 0.6 is 0 Å². The minimum Gasteiger partial charge on any atom is -0.444 e. The summed E-state index contributed by atoms with van der Waals surface area (Å²) in [5, 5.41) is 16.7. The number of nitrogens with one attached hydrogen (secondary N) is 2. The molecule has 0 aromatic heterocycles. The normalized spacial score (nSPS) is 31.1. The number of carbonyl (C=O) groups excluding carboxylic acids is 3. The number of allylic oxidation sites excluding steroid dienone is 1. The van der Waals surface area contributed by atoms with E-state index < -0.39 is 46.6 Å². The highest BCUT2D eigenvalue weighted by Crippen LogP contribution is 2.60. The van der Waals surface area contributed by atoms with Crippen LogP contribution in [-0.2, 0) is 14.3 Å². The number of hydrogen-bond donors (Lipinski definition) is 4. The smallest absolute Gasteiger partial charge is 0.408 e. The molecule has 8 nitrogen and oxygen atoms in total. The average molecular weight is 436 g/mol. The van der Waals surface area contributed by atoms with Gasteiger partial charge in [-0.3, -0.25) is 9.59 Å². The first-order valence-corrected chi connectivity index (χ1v) is 11.2. The number of amides is 3. The van der Waals surface area contributed by atoms with Crippen LogP contribution in [0.3, 0.4) is 0 Å². The van der Waals surface area contributed by atoms with Gasteiger partial charge >= 0.3 is 6.09 Å². The van der Waals surface area contributed by atoms with Gasteiger partial charge in [-0.2, -0.15) is 0 Å². The molecule has 4 aliphatic carbocycles. The second-order valence-electron chi connectivity index (χ2n) is 11.3. The van der Waals surface area contributed by atoms with Crippen molar-refractivity contribution in [1.82, 2.24) is 10.6 Å².